The standard InChI is InChI=1S/C20H14N4O3/c1-22(2)13-8-11-4-3-5-14-18(11)15(9-13)20(25)23-17-10-12(24(26)27)6-7-16(17)21-19(14)23/h3-10H,1-2H3. The van der Waals surface area contributed by atoms with E-state index >= 15 is 0 Å². The number of aromatic nitrogens is 2. The third kappa shape index (κ3) is 2.02. The molecule has 2 heterocycles. The normalized spacial score (nSPS) is 11.8. The van der Waals surface area contributed by atoms with Gasteiger partial charge in [0.15, 0.2) is 0 Å². The van der Waals surface area contributed by atoms with Crippen molar-refractivity contribution in [1.29, 1.82) is 0 Å². The van der Waals surface area contributed by atoms with Crippen molar-refractivity contribution in [3.05, 3.63) is 69.0 Å². The van der Waals surface area contributed by atoms with E-state index in [0.29, 0.717) is 22.1 Å². The first-order chi connectivity index (χ1) is 13.0. The minimum Gasteiger partial charge on any atom is -0.378 e. The van der Waals surface area contributed by atoms with Gasteiger partial charge in [0, 0.05) is 42.7 Å². The minimum atomic E-state index is -0.467. The zero-order valence-corrected chi connectivity index (χ0v) is 14.6. The Hall–Kier alpha value is -3.74. The van der Waals surface area contributed by atoms with Gasteiger partial charge in [-0.2, -0.15) is 0 Å². The smallest absolute Gasteiger partial charge is 0.271 e. The van der Waals surface area contributed by atoms with E-state index in [1.54, 1.807) is 6.07 Å². The second kappa shape index (κ2) is 5.14. The lowest BCUT2D eigenvalue weighted by atomic mass is 10.0. The molecule has 7 heteroatoms. The van der Waals surface area contributed by atoms with Gasteiger partial charge in [-0.25, -0.2) is 4.98 Å². The average molecular weight is 358 g/mol. The van der Waals surface area contributed by atoms with Crippen LogP contribution >= 0.6 is 0 Å². The van der Waals surface area contributed by atoms with Crippen LogP contribution in [-0.4, -0.2) is 28.4 Å². The molecule has 0 fully saturated rings. The number of non-ortho nitro benzene ring substituents is 1. The molecule has 0 spiro atoms. The Balaban J connectivity index is 2.07. The summed E-state index contributed by atoms with van der Waals surface area (Å²) in [6.07, 6.45) is 0. The third-order valence-corrected chi connectivity index (χ3v) is 5.00. The highest BCUT2D eigenvalue weighted by molar-refractivity contribution is 6.16. The summed E-state index contributed by atoms with van der Waals surface area (Å²) in [6.45, 7) is 0. The molecule has 0 N–H and O–H groups in total. The third-order valence-electron chi connectivity index (χ3n) is 5.00. The molecule has 5 rings (SSSR count). The van der Waals surface area contributed by atoms with Gasteiger partial charge >= 0.3 is 0 Å². The molecule has 2 aromatic heterocycles. The SMILES string of the molecule is CN(C)c1cc2cccc3c2c(c1)c(=O)n1c2cc([N+](=O)[O-])ccc2nc31. The lowest BCUT2D eigenvalue weighted by Crippen LogP contribution is -2.15. The maximum absolute atomic E-state index is 13.4. The van der Waals surface area contributed by atoms with Crippen molar-refractivity contribution in [2.75, 3.05) is 19.0 Å². The fourth-order valence-corrected chi connectivity index (χ4v) is 3.71. The van der Waals surface area contributed by atoms with Crippen LogP contribution < -0.4 is 10.5 Å². The monoisotopic (exact) mass is 358 g/mol. The first-order valence-corrected chi connectivity index (χ1v) is 8.42. The molecule has 5 aromatic rings. The molecule has 27 heavy (non-hydrogen) atoms. The fourth-order valence-electron chi connectivity index (χ4n) is 3.71. The second-order valence-electron chi connectivity index (χ2n) is 6.80. The van der Waals surface area contributed by atoms with Crippen molar-refractivity contribution in [2.24, 2.45) is 0 Å². The van der Waals surface area contributed by atoms with Gasteiger partial charge in [0.2, 0.25) is 0 Å². The van der Waals surface area contributed by atoms with E-state index in [9.17, 15) is 14.9 Å². The summed E-state index contributed by atoms with van der Waals surface area (Å²) in [4.78, 5) is 30.6. The van der Waals surface area contributed by atoms with Crippen molar-refractivity contribution in [1.82, 2.24) is 9.38 Å². The Bertz CT molecular complexity index is 1450. The number of imidazole rings is 1. The van der Waals surface area contributed by atoms with E-state index in [-0.39, 0.29) is 11.2 Å². The summed E-state index contributed by atoms with van der Waals surface area (Å²) in [5, 5.41) is 14.4. The van der Waals surface area contributed by atoms with E-state index in [1.807, 2.05) is 49.3 Å². The predicted molar refractivity (Wildman–Crippen MR) is 106 cm³/mol. The van der Waals surface area contributed by atoms with Crippen molar-refractivity contribution in [3.63, 3.8) is 0 Å². The maximum Gasteiger partial charge on any atom is 0.271 e. The van der Waals surface area contributed by atoms with Crippen LogP contribution in [0.5, 0.6) is 0 Å². The van der Waals surface area contributed by atoms with Gasteiger partial charge in [-0.15, -0.1) is 0 Å². The van der Waals surface area contributed by atoms with Crippen molar-refractivity contribution in [2.45, 2.75) is 0 Å². The summed E-state index contributed by atoms with van der Waals surface area (Å²) in [6, 6.07) is 14.1. The van der Waals surface area contributed by atoms with Crippen LogP contribution in [0.25, 0.3) is 38.2 Å². The zero-order valence-electron chi connectivity index (χ0n) is 14.6. The fraction of sp³-hybridized carbons (Fsp3) is 0.100. The van der Waals surface area contributed by atoms with Gasteiger partial charge in [-0.3, -0.25) is 19.3 Å². The van der Waals surface area contributed by atoms with Crippen LogP contribution in [0.2, 0.25) is 0 Å². The number of nitro groups is 1. The Morgan fingerprint density at radius 2 is 1.89 bits per heavy atom. The molecule has 7 nitrogen and oxygen atoms in total. The van der Waals surface area contributed by atoms with Crippen LogP contribution in [0.1, 0.15) is 0 Å². The summed E-state index contributed by atoms with van der Waals surface area (Å²) in [5.41, 5.74) is 2.15. The number of pyridine rings is 1. The minimum absolute atomic E-state index is 0.0657. The van der Waals surface area contributed by atoms with Crippen LogP contribution in [0.4, 0.5) is 11.4 Å². The number of anilines is 1. The summed E-state index contributed by atoms with van der Waals surface area (Å²) in [7, 11) is 3.85. The summed E-state index contributed by atoms with van der Waals surface area (Å²) < 4.78 is 1.48. The highest BCUT2D eigenvalue weighted by Gasteiger charge is 2.18. The molecular weight excluding hydrogens is 344 g/mol. The first kappa shape index (κ1) is 15.5. The number of nitrogens with zero attached hydrogens (tertiary/aromatic N) is 4. The first-order valence-electron chi connectivity index (χ1n) is 8.42. The van der Waals surface area contributed by atoms with Crippen molar-refractivity contribution >= 4 is 49.6 Å². The van der Waals surface area contributed by atoms with Crippen molar-refractivity contribution < 1.29 is 4.92 Å². The van der Waals surface area contributed by atoms with E-state index in [1.165, 1.54) is 16.5 Å². The molecule has 0 unspecified atom stereocenters. The molecule has 0 aliphatic carbocycles. The van der Waals surface area contributed by atoms with Gasteiger partial charge in [0.05, 0.1) is 21.3 Å². The van der Waals surface area contributed by atoms with E-state index < -0.39 is 4.92 Å². The molecule has 0 saturated heterocycles. The number of fused-ring (bicyclic) bond motifs is 4. The maximum atomic E-state index is 13.4. The van der Waals surface area contributed by atoms with Gasteiger partial charge < -0.3 is 4.90 Å². The molecule has 0 radical (unpaired) electrons. The van der Waals surface area contributed by atoms with Crippen LogP contribution in [0.3, 0.4) is 0 Å². The molecular formula is C20H14N4O3. The van der Waals surface area contributed by atoms with Gasteiger partial charge in [-0.05, 0) is 23.6 Å². The lowest BCUT2D eigenvalue weighted by molar-refractivity contribution is -0.384. The largest absolute Gasteiger partial charge is 0.378 e. The predicted octanol–water partition coefficient (Wildman–Crippen LogP) is 3.57. The molecule has 0 bridgehead atoms. The van der Waals surface area contributed by atoms with Crippen molar-refractivity contribution in [3.8, 4) is 0 Å². The van der Waals surface area contributed by atoms with E-state index in [4.69, 9.17) is 0 Å². The topological polar surface area (TPSA) is 80.8 Å². The van der Waals surface area contributed by atoms with Crippen LogP contribution in [0.15, 0.2) is 53.3 Å². The molecule has 0 amide bonds. The highest BCUT2D eigenvalue weighted by Crippen LogP contribution is 2.33. The van der Waals surface area contributed by atoms with Crippen LogP contribution in [-0.2, 0) is 0 Å². The Labute approximate surface area is 152 Å². The summed E-state index contributed by atoms with van der Waals surface area (Å²) in [5.74, 6) is 0. The number of nitro benzene ring substituents is 1. The summed E-state index contributed by atoms with van der Waals surface area (Å²) >= 11 is 0. The highest BCUT2D eigenvalue weighted by atomic mass is 16.6. The molecule has 0 aliphatic rings. The van der Waals surface area contributed by atoms with E-state index in [2.05, 4.69) is 4.98 Å². The Morgan fingerprint density at radius 3 is 2.63 bits per heavy atom. The Morgan fingerprint density at radius 1 is 1.07 bits per heavy atom. The molecule has 132 valence electrons. The van der Waals surface area contributed by atoms with Crippen LogP contribution in [0, 0.1) is 10.1 Å². The lowest BCUT2D eigenvalue weighted by Gasteiger charge is -2.15. The van der Waals surface area contributed by atoms with E-state index in [0.717, 1.165) is 21.8 Å². The Kier molecular flexibility index (Phi) is 2.95. The number of hydrogen-bond donors (Lipinski definition) is 0. The average Bonchev–Trinajstić information content (AvgIpc) is 3.04. The zero-order chi connectivity index (χ0) is 18.9. The molecule has 0 atom stereocenters. The molecule has 3 aromatic carbocycles. The number of rotatable bonds is 2. The molecule has 0 saturated carbocycles. The molecule has 0 aliphatic heterocycles. The quantitative estimate of drug-likeness (QED) is 0.356. The second-order valence-corrected chi connectivity index (χ2v) is 6.80. The van der Waals surface area contributed by atoms with Gasteiger partial charge in [0.25, 0.3) is 11.2 Å². The van der Waals surface area contributed by atoms with Gasteiger partial charge in [-0.1, -0.05) is 18.2 Å². The number of hydrogen-bond acceptors (Lipinski definition) is 5. The van der Waals surface area contributed by atoms with Gasteiger partial charge in [0.1, 0.15) is 5.65 Å². The number of benzene rings is 3.